The van der Waals surface area contributed by atoms with Gasteiger partial charge in [-0.05, 0) is 43.4 Å². The fraction of sp³-hybridized carbons (Fsp3) is 0.368. The Balaban J connectivity index is 2.17. The maximum Gasteiger partial charge on any atom is 0.325 e. The van der Waals surface area contributed by atoms with Gasteiger partial charge in [-0.2, -0.15) is 0 Å². The second-order valence-electron chi connectivity index (χ2n) is 5.83. The number of esters is 1. The molecule has 0 saturated carbocycles. The molecule has 1 aromatic heterocycles. The zero-order valence-corrected chi connectivity index (χ0v) is 13.6. The van der Waals surface area contributed by atoms with Gasteiger partial charge in [-0.15, -0.1) is 0 Å². The van der Waals surface area contributed by atoms with Crippen LogP contribution in [0.25, 0.3) is 11.3 Å². The second-order valence-corrected chi connectivity index (χ2v) is 5.83. The second kappa shape index (κ2) is 6.41. The Kier molecular flexibility index (Phi) is 4.33. The van der Waals surface area contributed by atoms with Crippen molar-refractivity contribution in [2.45, 2.75) is 39.7 Å². The molecule has 1 aliphatic rings. The van der Waals surface area contributed by atoms with Crippen molar-refractivity contribution < 1.29 is 14.3 Å². The summed E-state index contributed by atoms with van der Waals surface area (Å²) in [6.07, 6.45) is 2.32. The zero-order chi connectivity index (χ0) is 16.4. The molecule has 0 aliphatic heterocycles. The van der Waals surface area contributed by atoms with Crippen LogP contribution in [0.5, 0.6) is 0 Å². The molecule has 0 atom stereocenters. The highest BCUT2D eigenvalue weighted by atomic mass is 16.5. The van der Waals surface area contributed by atoms with Gasteiger partial charge in [-0.25, -0.2) is 0 Å². The number of hydrogen-bond donors (Lipinski definition) is 0. The summed E-state index contributed by atoms with van der Waals surface area (Å²) in [6, 6.07) is 9.93. The van der Waals surface area contributed by atoms with Crippen LogP contribution < -0.4 is 0 Å². The largest absolute Gasteiger partial charge is 0.465 e. The van der Waals surface area contributed by atoms with E-state index in [4.69, 9.17) is 4.74 Å². The maximum absolute atomic E-state index is 12.5. The third-order valence-corrected chi connectivity index (χ3v) is 4.37. The summed E-state index contributed by atoms with van der Waals surface area (Å²) < 4.78 is 6.96. The number of benzene rings is 1. The van der Waals surface area contributed by atoms with E-state index in [1.54, 1.807) is 6.92 Å². The van der Waals surface area contributed by atoms with Crippen LogP contribution >= 0.6 is 0 Å². The van der Waals surface area contributed by atoms with Crippen LogP contribution in [0.3, 0.4) is 0 Å². The van der Waals surface area contributed by atoms with Crippen molar-refractivity contribution in [1.29, 1.82) is 0 Å². The minimum atomic E-state index is -0.305. The normalized spacial score (nSPS) is 13.7. The first-order valence-corrected chi connectivity index (χ1v) is 8.09. The molecule has 1 aliphatic carbocycles. The molecule has 0 amide bonds. The molecule has 120 valence electrons. The van der Waals surface area contributed by atoms with Gasteiger partial charge in [0.1, 0.15) is 6.54 Å². The number of rotatable bonds is 4. The van der Waals surface area contributed by atoms with E-state index in [0.717, 1.165) is 35.2 Å². The quantitative estimate of drug-likeness (QED) is 0.811. The fourth-order valence-electron chi connectivity index (χ4n) is 3.43. The van der Waals surface area contributed by atoms with E-state index in [0.29, 0.717) is 18.7 Å². The first kappa shape index (κ1) is 15.5. The summed E-state index contributed by atoms with van der Waals surface area (Å²) in [7, 11) is 0. The molecular weight excluding hydrogens is 290 g/mol. The molecule has 0 N–H and O–H groups in total. The van der Waals surface area contributed by atoms with Gasteiger partial charge in [0.05, 0.1) is 18.0 Å². The van der Waals surface area contributed by atoms with Crippen molar-refractivity contribution in [1.82, 2.24) is 4.57 Å². The number of aromatic nitrogens is 1. The van der Waals surface area contributed by atoms with E-state index in [2.05, 4.69) is 0 Å². The molecule has 1 aromatic carbocycles. The number of nitrogens with zero attached hydrogens (tertiary/aromatic N) is 1. The fourth-order valence-corrected chi connectivity index (χ4v) is 3.43. The van der Waals surface area contributed by atoms with E-state index in [1.165, 1.54) is 0 Å². The molecule has 0 fully saturated rings. The number of ether oxygens (including phenoxy) is 1. The minimum absolute atomic E-state index is 0.0833. The Bertz CT molecular complexity index is 744. The van der Waals surface area contributed by atoms with E-state index in [-0.39, 0.29) is 18.3 Å². The van der Waals surface area contributed by atoms with Gasteiger partial charge >= 0.3 is 5.97 Å². The first-order valence-electron chi connectivity index (χ1n) is 8.09. The molecule has 4 nitrogen and oxygen atoms in total. The third kappa shape index (κ3) is 2.81. The number of Topliss-reactive ketones (excluding diaryl/α,β-unsaturated/α-hetero) is 1. The van der Waals surface area contributed by atoms with Crippen LogP contribution in [0.15, 0.2) is 30.3 Å². The predicted octanol–water partition coefficient (Wildman–Crippen LogP) is 3.55. The van der Waals surface area contributed by atoms with Crippen molar-refractivity contribution in [2.24, 2.45) is 0 Å². The number of carbonyl (C=O) groups excluding carboxylic acids is 2. The highest BCUT2D eigenvalue weighted by Crippen LogP contribution is 2.35. The van der Waals surface area contributed by atoms with E-state index < -0.39 is 0 Å². The lowest BCUT2D eigenvalue weighted by Crippen LogP contribution is -2.21. The maximum atomic E-state index is 12.5. The van der Waals surface area contributed by atoms with Crippen molar-refractivity contribution in [3.05, 3.63) is 47.2 Å². The van der Waals surface area contributed by atoms with Crippen LogP contribution in [0.2, 0.25) is 0 Å². The van der Waals surface area contributed by atoms with Gasteiger partial charge in [0.2, 0.25) is 0 Å². The van der Waals surface area contributed by atoms with Crippen LogP contribution in [-0.4, -0.2) is 22.9 Å². The van der Waals surface area contributed by atoms with Gasteiger partial charge < -0.3 is 9.30 Å². The predicted molar refractivity (Wildman–Crippen MR) is 88.5 cm³/mol. The van der Waals surface area contributed by atoms with E-state index in [1.807, 2.05) is 41.8 Å². The first-order chi connectivity index (χ1) is 11.1. The van der Waals surface area contributed by atoms with Crippen molar-refractivity contribution >= 4 is 11.8 Å². The van der Waals surface area contributed by atoms with Gasteiger partial charge in [-0.1, -0.05) is 30.3 Å². The average Bonchev–Trinajstić information content (AvgIpc) is 2.82. The Morgan fingerprint density at radius 3 is 2.61 bits per heavy atom. The summed E-state index contributed by atoms with van der Waals surface area (Å²) in [4.78, 5) is 24.5. The van der Waals surface area contributed by atoms with Crippen molar-refractivity contribution in [3.63, 3.8) is 0 Å². The Hall–Kier alpha value is -2.36. The molecule has 0 unspecified atom stereocenters. The Morgan fingerprint density at radius 1 is 1.17 bits per heavy atom. The summed E-state index contributed by atoms with van der Waals surface area (Å²) in [6.45, 7) is 4.26. The molecule has 1 heterocycles. The number of hydrogen-bond acceptors (Lipinski definition) is 3. The molecule has 0 spiro atoms. The van der Waals surface area contributed by atoms with Gasteiger partial charge in [0.15, 0.2) is 5.78 Å². The highest BCUT2D eigenvalue weighted by molar-refractivity contribution is 5.99. The number of fused-ring (bicyclic) bond motifs is 1. The minimum Gasteiger partial charge on any atom is -0.465 e. The summed E-state index contributed by atoms with van der Waals surface area (Å²) in [5.41, 5.74) is 4.86. The van der Waals surface area contributed by atoms with E-state index in [9.17, 15) is 9.59 Å². The zero-order valence-electron chi connectivity index (χ0n) is 13.6. The Morgan fingerprint density at radius 2 is 1.91 bits per heavy atom. The van der Waals surface area contributed by atoms with Gasteiger partial charge in [0.25, 0.3) is 0 Å². The Labute approximate surface area is 136 Å². The van der Waals surface area contributed by atoms with Crippen molar-refractivity contribution in [2.75, 3.05) is 6.61 Å². The SMILES string of the molecule is CCOC(=O)Cn1c2c(c(C)c1-c1ccccc1)CCCC2=O. The number of ketones is 1. The van der Waals surface area contributed by atoms with Gasteiger partial charge in [0, 0.05) is 6.42 Å². The lowest BCUT2D eigenvalue weighted by molar-refractivity contribution is -0.143. The summed E-state index contributed by atoms with van der Waals surface area (Å²) in [5, 5.41) is 0. The summed E-state index contributed by atoms with van der Waals surface area (Å²) in [5.74, 6) is -0.179. The highest BCUT2D eigenvalue weighted by Gasteiger charge is 2.29. The summed E-state index contributed by atoms with van der Waals surface area (Å²) >= 11 is 0. The van der Waals surface area contributed by atoms with Crippen LogP contribution in [0, 0.1) is 6.92 Å². The molecular formula is C19H21NO3. The van der Waals surface area contributed by atoms with Gasteiger partial charge in [-0.3, -0.25) is 9.59 Å². The lowest BCUT2D eigenvalue weighted by atomic mass is 9.93. The molecule has 23 heavy (non-hydrogen) atoms. The van der Waals surface area contributed by atoms with Crippen LogP contribution in [-0.2, 0) is 22.5 Å². The molecule has 2 aromatic rings. The average molecular weight is 311 g/mol. The molecule has 4 heteroatoms. The van der Waals surface area contributed by atoms with Crippen LogP contribution in [0.4, 0.5) is 0 Å². The third-order valence-electron chi connectivity index (χ3n) is 4.37. The molecule has 0 saturated heterocycles. The smallest absolute Gasteiger partial charge is 0.325 e. The monoisotopic (exact) mass is 311 g/mol. The van der Waals surface area contributed by atoms with Crippen LogP contribution in [0.1, 0.15) is 41.4 Å². The lowest BCUT2D eigenvalue weighted by Gasteiger charge is -2.15. The van der Waals surface area contributed by atoms with E-state index >= 15 is 0 Å². The standard InChI is InChI=1S/C19H21NO3/c1-3-23-17(22)12-20-18(14-8-5-4-6-9-14)13(2)15-10-7-11-16(21)19(15)20/h4-6,8-9H,3,7,10-12H2,1-2H3. The topological polar surface area (TPSA) is 48.3 Å². The van der Waals surface area contributed by atoms with Crippen molar-refractivity contribution in [3.8, 4) is 11.3 Å². The molecule has 0 radical (unpaired) electrons. The number of carbonyl (C=O) groups is 2. The molecule has 3 rings (SSSR count). The molecule has 0 bridgehead atoms.